The van der Waals surface area contributed by atoms with E-state index in [9.17, 15) is 9.59 Å². The van der Waals surface area contributed by atoms with Crippen LogP contribution >= 0.6 is 0 Å². The Morgan fingerprint density at radius 3 is 2.61 bits per heavy atom. The molecule has 0 aliphatic rings. The van der Waals surface area contributed by atoms with Crippen molar-refractivity contribution < 1.29 is 9.32 Å². The van der Waals surface area contributed by atoms with Crippen molar-refractivity contribution in [3.8, 4) is 11.3 Å². The third-order valence-corrected chi connectivity index (χ3v) is 4.78. The Morgan fingerprint density at radius 2 is 1.82 bits per heavy atom. The maximum atomic E-state index is 12.4. The summed E-state index contributed by atoms with van der Waals surface area (Å²) in [5.74, 6) is 0.116. The van der Waals surface area contributed by atoms with Crippen LogP contribution in [0.5, 0.6) is 0 Å². The largest absolute Gasteiger partial charge is 0.355 e. The second-order valence-electron chi connectivity index (χ2n) is 6.77. The number of benzene rings is 2. The number of rotatable bonds is 4. The van der Waals surface area contributed by atoms with E-state index >= 15 is 0 Å². The van der Waals surface area contributed by atoms with E-state index in [-0.39, 0.29) is 17.8 Å². The van der Waals surface area contributed by atoms with Crippen LogP contribution in [-0.2, 0) is 6.54 Å². The van der Waals surface area contributed by atoms with Gasteiger partial charge >= 0.3 is 0 Å². The standard InChI is InChI=1S/C22H19N3O3/c1-13-8-16-10-17(21(26)24-18(16)9-14(13)2)12-23-22(27)19-11-20(28-25-19)15-6-4-3-5-7-15/h3-11H,12H2,1-2H3,(H,23,27)(H,24,26). The lowest BCUT2D eigenvalue weighted by molar-refractivity contribution is 0.0942. The number of pyridine rings is 1. The van der Waals surface area contributed by atoms with Crippen molar-refractivity contribution in [3.05, 3.63) is 87.3 Å². The normalized spacial score (nSPS) is 10.9. The molecule has 0 radical (unpaired) electrons. The van der Waals surface area contributed by atoms with Crippen LogP contribution in [-0.4, -0.2) is 16.0 Å². The van der Waals surface area contributed by atoms with Crippen molar-refractivity contribution in [2.24, 2.45) is 0 Å². The van der Waals surface area contributed by atoms with Crippen LogP contribution in [0.4, 0.5) is 0 Å². The van der Waals surface area contributed by atoms with Gasteiger partial charge in [-0.1, -0.05) is 35.5 Å². The minimum atomic E-state index is -0.398. The fourth-order valence-electron chi connectivity index (χ4n) is 3.04. The van der Waals surface area contributed by atoms with Crippen molar-refractivity contribution in [1.82, 2.24) is 15.5 Å². The summed E-state index contributed by atoms with van der Waals surface area (Å²) < 4.78 is 5.25. The van der Waals surface area contributed by atoms with Crippen molar-refractivity contribution in [3.63, 3.8) is 0 Å². The molecule has 28 heavy (non-hydrogen) atoms. The summed E-state index contributed by atoms with van der Waals surface area (Å²) in [6, 6.07) is 16.8. The molecule has 2 aromatic carbocycles. The molecule has 0 bridgehead atoms. The highest BCUT2D eigenvalue weighted by molar-refractivity contribution is 5.93. The minimum absolute atomic E-state index is 0.102. The zero-order chi connectivity index (χ0) is 19.7. The van der Waals surface area contributed by atoms with E-state index in [1.807, 2.05) is 56.3 Å². The average molecular weight is 373 g/mol. The lowest BCUT2D eigenvalue weighted by atomic mass is 10.0. The number of carbonyl (C=O) groups excluding carboxylic acids is 1. The molecule has 0 saturated carbocycles. The second kappa shape index (κ2) is 7.15. The lowest BCUT2D eigenvalue weighted by Crippen LogP contribution is -2.26. The van der Waals surface area contributed by atoms with Gasteiger partial charge in [-0.25, -0.2) is 0 Å². The molecule has 2 aromatic heterocycles. The zero-order valence-corrected chi connectivity index (χ0v) is 15.6. The molecule has 6 heteroatoms. The summed E-state index contributed by atoms with van der Waals surface area (Å²) in [6.07, 6.45) is 0. The van der Waals surface area contributed by atoms with Gasteiger partial charge in [-0.15, -0.1) is 0 Å². The van der Waals surface area contributed by atoms with Crippen LogP contribution in [0.2, 0.25) is 0 Å². The second-order valence-corrected chi connectivity index (χ2v) is 6.77. The maximum absolute atomic E-state index is 12.4. The van der Waals surface area contributed by atoms with Crippen molar-refractivity contribution in [1.29, 1.82) is 0 Å². The van der Waals surface area contributed by atoms with Crippen molar-refractivity contribution in [2.75, 3.05) is 0 Å². The molecule has 0 aliphatic heterocycles. The molecule has 2 heterocycles. The van der Waals surface area contributed by atoms with Gasteiger partial charge in [0.1, 0.15) is 0 Å². The number of carbonyl (C=O) groups is 1. The van der Waals surface area contributed by atoms with Crippen LogP contribution < -0.4 is 10.9 Å². The Kier molecular flexibility index (Phi) is 4.53. The van der Waals surface area contributed by atoms with Crippen LogP contribution in [0.25, 0.3) is 22.2 Å². The number of aryl methyl sites for hydroxylation is 2. The summed E-state index contributed by atoms with van der Waals surface area (Å²) in [5, 5.41) is 7.49. The van der Waals surface area contributed by atoms with Crippen LogP contribution in [0.1, 0.15) is 27.2 Å². The van der Waals surface area contributed by atoms with Gasteiger partial charge in [-0.2, -0.15) is 0 Å². The Bertz CT molecular complexity index is 1220. The molecule has 0 unspecified atom stereocenters. The number of hydrogen-bond donors (Lipinski definition) is 2. The van der Waals surface area contributed by atoms with Gasteiger partial charge in [0.2, 0.25) is 0 Å². The molecule has 4 rings (SSSR count). The molecule has 1 amide bonds. The molecule has 6 nitrogen and oxygen atoms in total. The Hall–Kier alpha value is -3.67. The molecule has 0 saturated heterocycles. The maximum Gasteiger partial charge on any atom is 0.273 e. The van der Waals surface area contributed by atoms with E-state index in [1.165, 1.54) is 0 Å². The first-order valence-corrected chi connectivity index (χ1v) is 8.95. The van der Waals surface area contributed by atoms with E-state index in [0.717, 1.165) is 27.6 Å². The first-order valence-electron chi connectivity index (χ1n) is 8.95. The van der Waals surface area contributed by atoms with Gasteiger partial charge in [0.05, 0.1) is 0 Å². The van der Waals surface area contributed by atoms with Gasteiger partial charge in [-0.05, 0) is 48.6 Å². The Labute approximate surface area is 161 Å². The van der Waals surface area contributed by atoms with Crippen molar-refractivity contribution in [2.45, 2.75) is 20.4 Å². The molecule has 0 fully saturated rings. The molecule has 2 N–H and O–H groups in total. The minimum Gasteiger partial charge on any atom is -0.355 e. The third kappa shape index (κ3) is 3.44. The smallest absolute Gasteiger partial charge is 0.273 e. The predicted molar refractivity (Wildman–Crippen MR) is 107 cm³/mol. The molecular weight excluding hydrogens is 354 g/mol. The molecule has 0 spiro atoms. The fourth-order valence-corrected chi connectivity index (χ4v) is 3.04. The number of fused-ring (bicyclic) bond motifs is 1. The highest BCUT2D eigenvalue weighted by Gasteiger charge is 2.14. The summed E-state index contributed by atoms with van der Waals surface area (Å²) in [4.78, 5) is 27.6. The van der Waals surface area contributed by atoms with Gasteiger partial charge in [0.25, 0.3) is 11.5 Å². The van der Waals surface area contributed by atoms with Crippen LogP contribution in [0.3, 0.4) is 0 Å². The third-order valence-electron chi connectivity index (χ3n) is 4.78. The van der Waals surface area contributed by atoms with E-state index < -0.39 is 5.91 Å². The van der Waals surface area contributed by atoms with Crippen LogP contribution in [0, 0.1) is 13.8 Å². The quantitative estimate of drug-likeness (QED) is 0.570. The summed E-state index contributed by atoms with van der Waals surface area (Å²) in [5.41, 5.74) is 4.31. The molecule has 140 valence electrons. The van der Waals surface area contributed by atoms with Crippen molar-refractivity contribution >= 4 is 16.8 Å². The number of aromatic amines is 1. The van der Waals surface area contributed by atoms with Crippen LogP contribution in [0.15, 0.2) is 63.9 Å². The number of H-pyrrole nitrogens is 1. The van der Waals surface area contributed by atoms with E-state index in [2.05, 4.69) is 15.5 Å². The summed E-state index contributed by atoms with van der Waals surface area (Å²) >= 11 is 0. The number of amides is 1. The SMILES string of the molecule is Cc1cc2cc(CNC(=O)c3cc(-c4ccccc4)on3)c(=O)[nH]c2cc1C. The topological polar surface area (TPSA) is 88.0 Å². The number of hydrogen-bond acceptors (Lipinski definition) is 4. The number of nitrogens with one attached hydrogen (secondary N) is 2. The average Bonchev–Trinajstić information content (AvgIpc) is 3.19. The number of aromatic nitrogens is 2. The summed E-state index contributed by atoms with van der Waals surface area (Å²) in [7, 11) is 0. The van der Waals surface area contributed by atoms with Gasteiger partial charge < -0.3 is 14.8 Å². The highest BCUT2D eigenvalue weighted by atomic mass is 16.5. The molecule has 0 aliphatic carbocycles. The number of nitrogens with zero attached hydrogens (tertiary/aromatic N) is 1. The first kappa shape index (κ1) is 17.7. The van der Waals surface area contributed by atoms with E-state index in [4.69, 9.17) is 4.52 Å². The Balaban J connectivity index is 1.52. The van der Waals surface area contributed by atoms with E-state index in [1.54, 1.807) is 12.1 Å². The monoisotopic (exact) mass is 373 g/mol. The lowest BCUT2D eigenvalue weighted by Gasteiger charge is -2.07. The first-order chi connectivity index (χ1) is 13.5. The van der Waals surface area contributed by atoms with Gasteiger partial charge in [-0.3, -0.25) is 9.59 Å². The molecule has 4 aromatic rings. The fraction of sp³-hybridized carbons (Fsp3) is 0.136. The zero-order valence-electron chi connectivity index (χ0n) is 15.6. The van der Waals surface area contributed by atoms with Gasteiger partial charge in [0, 0.05) is 29.3 Å². The molecule has 0 atom stereocenters. The van der Waals surface area contributed by atoms with Gasteiger partial charge in [0.15, 0.2) is 11.5 Å². The highest BCUT2D eigenvalue weighted by Crippen LogP contribution is 2.20. The summed E-state index contributed by atoms with van der Waals surface area (Å²) in [6.45, 7) is 4.13. The van der Waals surface area contributed by atoms with E-state index in [0.29, 0.717) is 11.3 Å². The molecular formula is C22H19N3O3. The predicted octanol–water partition coefficient (Wildman–Crippen LogP) is 3.73. The Morgan fingerprint density at radius 1 is 1.07 bits per heavy atom.